The van der Waals surface area contributed by atoms with Crippen LogP contribution in [-0.2, 0) is 4.79 Å². The van der Waals surface area contributed by atoms with Gasteiger partial charge in [-0.15, -0.1) is 11.3 Å². The van der Waals surface area contributed by atoms with Gasteiger partial charge in [-0.1, -0.05) is 33.3 Å². The van der Waals surface area contributed by atoms with Gasteiger partial charge in [-0.3, -0.25) is 4.79 Å². The molecule has 0 spiro atoms. The zero-order valence-corrected chi connectivity index (χ0v) is 16.3. The van der Waals surface area contributed by atoms with E-state index in [0.29, 0.717) is 5.41 Å². The van der Waals surface area contributed by atoms with Crippen LogP contribution in [0.25, 0.3) is 0 Å². The van der Waals surface area contributed by atoms with Crippen LogP contribution in [0.5, 0.6) is 0 Å². The molecule has 1 aliphatic rings. The standard InChI is InChI=1S/C19H31N3O2S/c1-4-19(2,3)13-7-9-14(10-8-13)21-17(23)12-15(22-18(20)24)16-6-5-11-25-16/h5-6,11,13-15H,4,7-10,12H2,1-3H3,(H,21,23)(H3,20,22,24)/t13?,14?,15-/m0/s1. The van der Waals surface area contributed by atoms with Crippen LogP contribution in [0, 0.1) is 11.3 Å². The van der Waals surface area contributed by atoms with Crippen molar-refractivity contribution in [3.63, 3.8) is 0 Å². The molecule has 0 bridgehead atoms. The number of primary amides is 1. The Balaban J connectivity index is 1.84. The van der Waals surface area contributed by atoms with E-state index in [1.807, 2.05) is 17.5 Å². The number of hydrogen-bond acceptors (Lipinski definition) is 3. The predicted molar refractivity (Wildman–Crippen MR) is 102 cm³/mol. The van der Waals surface area contributed by atoms with Crippen LogP contribution >= 0.6 is 11.3 Å². The fourth-order valence-corrected chi connectivity index (χ4v) is 4.44. The second-order valence-corrected chi connectivity index (χ2v) is 8.72. The van der Waals surface area contributed by atoms with Gasteiger partial charge in [-0.05, 0) is 48.5 Å². The molecule has 0 aliphatic heterocycles. The Hall–Kier alpha value is -1.56. The van der Waals surface area contributed by atoms with Crippen LogP contribution in [0.1, 0.15) is 70.2 Å². The maximum atomic E-state index is 12.4. The Kier molecular flexibility index (Phi) is 6.87. The molecule has 0 aromatic carbocycles. The fourth-order valence-electron chi connectivity index (χ4n) is 3.66. The summed E-state index contributed by atoms with van der Waals surface area (Å²) in [6.45, 7) is 6.94. The molecule has 1 aliphatic carbocycles. The van der Waals surface area contributed by atoms with E-state index < -0.39 is 6.03 Å². The molecule has 5 nitrogen and oxygen atoms in total. The summed E-state index contributed by atoms with van der Waals surface area (Å²) in [7, 11) is 0. The summed E-state index contributed by atoms with van der Waals surface area (Å²) in [6.07, 6.45) is 5.82. The predicted octanol–water partition coefficient (Wildman–Crippen LogP) is 3.96. The first kappa shape index (κ1) is 19.8. The molecule has 2 rings (SSSR count). The highest BCUT2D eigenvalue weighted by molar-refractivity contribution is 7.10. The van der Waals surface area contributed by atoms with Crippen LogP contribution in [-0.4, -0.2) is 18.0 Å². The minimum absolute atomic E-state index is 0.0228. The summed E-state index contributed by atoms with van der Waals surface area (Å²) in [5, 5.41) is 7.75. The van der Waals surface area contributed by atoms with Gasteiger partial charge in [0.1, 0.15) is 0 Å². The van der Waals surface area contributed by atoms with Gasteiger partial charge >= 0.3 is 6.03 Å². The first-order chi connectivity index (χ1) is 11.8. The van der Waals surface area contributed by atoms with E-state index in [9.17, 15) is 9.59 Å². The summed E-state index contributed by atoms with van der Waals surface area (Å²) in [6, 6.07) is 3.11. The highest BCUT2D eigenvalue weighted by Crippen LogP contribution is 2.40. The number of nitrogens with two attached hydrogens (primary N) is 1. The lowest BCUT2D eigenvalue weighted by atomic mass is 9.69. The number of hydrogen-bond donors (Lipinski definition) is 3. The van der Waals surface area contributed by atoms with E-state index in [1.54, 1.807) is 0 Å². The van der Waals surface area contributed by atoms with Gasteiger partial charge in [0.2, 0.25) is 5.91 Å². The second kappa shape index (κ2) is 8.70. The van der Waals surface area contributed by atoms with Gasteiger partial charge < -0.3 is 16.4 Å². The lowest BCUT2D eigenvalue weighted by Gasteiger charge is -2.39. The van der Waals surface area contributed by atoms with Crippen molar-refractivity contribution in [2.75, 3.05) is 0 Å². The quantitative estimate of drug-likeness (QED) is 0.683. The highest BCUT2D eigenvalue weighted by Gasteiger charge is 2.32. The van der Waals surface area contributed by atoms with Crippen LogP contribution in [0.4, 0.5) is 4.79 Å². The minimum atomic E-state index is -0.603. The fraction of sp³-hybridized carbons (Fsp3) is 0.684. The van der Waals surface area contributed by atoms with E-state index in [-0.39, 0.29) is 24.4 Å². The molecule has 0 unspecified atom stereocenters. The molecule has 3 amide bonds. The van der Waals surface area contributed by atoms with Crippen molar-refractivity contribution in [3.05, 3.63) is 22.4 Å². The lowest BCUT2D eigenvalue weighted by Crippen LogP contribution is -2.42. The van der Waals surface area contributed by atoms with Gasteiger partial charge in [0.05, 0.1) is 12.5 Å². The monoisotopic (exact) mass is 365 g/mol. The largest absolute Gasteiger partial charge is 0.353 e. The third-order valence-electron chi connectivity index (χ3n) is 5.70. The third kappa shape index (κ3) is 5.73. The molecule has 140 valence electrons. The van der Waals surface area contributed by atoms with Crippen LogP contribution in [0.3, 0.4) is 0 Å². The maximum Gasteiger partial charge on any atom is 0.312 e. The van der Waals surface area contributed by atoms with Crippen molar-refractivity contribution in [2.45, 2.75) is 71.4 Å². The minimum Gasteiger partial charge on any atom is -0.353 e. The molecule has 1 fully saturated rings. The molecule has 6 heteroatoms. The van der Waals surface area contributed by atoms with Crippen molar-refractivity contribution in [1.29, 1.82) is 0 Å². The van der Waals surface area contributed by atoms with Gasteiger partial charge in [0.25, 0.3) is 0 Å². The number of carbonyl (C=O) groups excluding carboxylic acids is 2. The second-order valence-electron chi connectivity index (χ2n) is 7.74. The Labute approximate surface area is 154 Å². The number of carbonyl (C=O) groups is 2. The van der Waals surface area contributed by atoms with E-state index in [4.69, 9.17) is 5.73 Å². The summed E-state index contributed by atoms with van der Waals surface area (Å²) < 4.78 is 0. The molecular formula is C19H31N3O2S. The average Bonchev–Trinajstić information content (AvgIpc) is 3.08. The van der Waals surface area contributed by atoms with Gasteiger partial charge in [0, 0.05) is 10.9 Å². The van der Waals surface area contributed by atoms with E-state index in [0.717, 1.165) is 23.6 Å². The molecule has 0 radical (unpaired) electrons. The van der Waals surface area contributed by atoms with Gasteiger partial charge in [0.15, 0.2) is 0 Å². The zero-order valence-electron chi connectivity index (χ0n) is 15.5. The van der Waals surface area contributed by atoms with Crippen LogP contribution < -0.4 is 16.4 Å². The molecule has 0 saturated heterocycles. The Bertz CT molecular complexity index is 563. The smallest absolute Gasteiger partial charge is 0.312 e. The van der Waals surface area contributed by atoms with E-state index in [1.165, 1.54) is 30.6 Å². The summed E-state index contributed by atoms with van der Waals surface area (Å²) in [5.41, 5.74) is 5.63. The molecule has 1 heterocycles. The third-order valence-corrected chi connectivity index (χ3v) is 6.69. The summed E-state index contributed by atoms with van der Waals surface area (Å²) in [5.74, 6) is 0.714. The number of rotatable bonds is 7. The Morgan fingerprint density at radius 1 is 1.32 bits per heavy atom. The lowest BCUT2D eigenvalue weighted by molar-refractivity contribution is -0.122. The van der Waals surface area contributed by atoms with Crippen molar-refractivity contribution in [3.8, 4) is 0 Å². The van der Waals surface area contributed by atoms with Gasteiger partial charge in [-0.25, -0.2) is 4.79 Å². The summed E-state index contributed by atoms with van der Waals surface area (Å²) >= 11 is 1.52. The normalized spacial score (nSPS) is 22.2. The number of urea groups is 1. The Morgan fingerprint density at radius 3 is 2.52 bits per heavy atom. The topological polar surface area (TPSA) is 84.2 Å². The zero-order chi connectivity index (χ0) is 18.4. The van der Waals surface area contributed by atoms with Gasteiger partial charge in [-0.2, -0.15) is 0 Å². The van der Waals surface area contributed by atoms with Crippen molar-refractivity contribution in [1.82, 2.24) is 10.6 Å². The van der Waals surface area contributed by atoms with Crippen LogP contribution in [0.15, 0.2) is 17.5 Å². The molecule has 1 saturated carbocycles. The molecule has 4 N–H and O–H groups in total. The molecule has 1 atom stereocenters. The first-order valence-corrected chi connectivity index (χ1v) is 10.1. The summed E-state index contributed by atoms with van der Waals surface area (Å²) in [4.78, 5) is 24.6. The van der Waals surface area contributed by atoms with Crippen molar-refractivity contribution < 1.29 is 9.59 Å². The van der Waals surface area contributed by atoms with Crippen molar-refractivity contribution in [2.24, 2.45) is 17.1 Å². The number of thiophene rings is 1. The average molecular weight is 366 g/mol. The van der Waals surface area contributed by atoms with Crippen LogP contribution in [0.2, 0.25) is 0 Å². The Morgan fingerprint density at radius 2 is 2.00 bits per heavy atom. The SMILES string of the molecule is CCC(C)(C)C1CCC(NC(=O)C[C@H](NC(N)=O)c2cccs2)CC1. The first-order valence-electron chi connectivity index (χ1n) is 9.20. The highest BCUT2D eigenvalue weighted by atomic mass is 32.1. The molecule has 1 aromatic heterocycles. The van der Waals surface area contributed by atoms with E-state index >= 15 is 0 Å². The number of nitrogens with one attached hydrogen (secondary N) is 2. The van der Waals surface area contributed by atoms with Crippen molar-refractivity contribution >= 4 is 23.3 Å². The molecular weight excluding hydrogens is 334 g/mol. The molecule has 1 aromatic rings. The molecule has 25 heavy (non-hydrogen) atoms. The number of amides is 3. The maximum absolute atomic E-state index is 12.4. The van der Waals surface area contributed by atoms with E-state index in [2.05, 4.69) is 31.4 Å².